The van der Waals surface area contributed by atoms with Crippen molar-refractivity contribution in [2.24, 2.45) is 0 Å². The Morgan fingerprint density at radius 2 is 1.97 bits per heavy atom. The van der Waals surface area contributed by atoms with Crippen molar-refractivity contribution in [1.29, 1.82) is 0 Å². The van der Waals surface area contributed by atoms with Gasteiger partial charge in [0.1, 0.15) is 33.6 Å². The van der Waals surface area contributed by atoms with E-state index >= 15 is 0 Å². The summed E-state index contributed by atoms with van der Waals surface area (Å²) in [6.07, 6.45) is 3.26. The number of pyridine rings is 1. The van der Waals surface area contributed by atoms with Crippen molar-refractivity contribution < 1.29 is 9.53 Å². The number of aromatic nitrogens is 3. The quantitative estimate of drug-likeness (QED) is 0.561. The third-order valence-electron chi connectivity index (χ3n) is 5.84. The van der Waals surface area contributed by atoms with E-state index in [4.69, 9.17) is 16.3 Å². The Labute approximate surface area is 192 Å². The van der Waals surface area contributed by atoms with Crippen molar-refractivity contribution in [3.8, 4) is 5.75 Å². The second-order valence-corrected chi connectivity index (χ2v) is 8.69. The fourth-order valence-corrected chi connectivity index (χ4v) is 4.33. The van der Waals surface area contributed by atoms with E-state index in [9.17, 15) is 4.79 Å². The van der Waals surface area contributed by atoms with Gasteiger partial charge >= 0.3 is 0 Å². The minimum atomic E-state index is -0.746. The van der Waals surface area contributed by atoms with Crippen molar-refractivity contribution in [2.45, 2.75) is 32.1 Å². The van der Waals surface area contributed by atoms with Gasteiger partial charge in [0.2, 0.25) is 5.91 Å². The molecule has 0 bridgehead atoms. The number of hydrogen-bond acceptors (Lipinski definition) is 6. The SMILES string of the molecule is COc1cc(Cl)ncc1NC(=O)C1(c2ccccc2C(C)C)CN(c2ccnc(C)n2)C1. The van der Waals surface area contributed by atoms with E-state index in [1.165, 1.54) is 13.3 Å². The molecule has 1 aromatic carbocycles. The Balaban J connectivity index is 1.72. The Bertz CT molecular complexity index is 1140. The Morgan fingerprint density at radius 1 is 1.22 bits per heavy atom. The molecule has 7 nitrogen and oxygen atoms in total. The molecule has 1 N–H and O–H groups in total. The van der Waals surface area contributed by atoms with Gasteiger partial charge in [-0.1, -0.05) is 49.7 Å². The molecule has 3 aromatic rings. The second kappa shape index (κ2) is 8.74. The monoisotopic (exact) mass is 451 g/mol. The highest BCUT2D eigenvalue weighted by Gasteiger charge is 2.52. The smallest absolute Gasteiger partial charge is 0.238 e. The minimum Gasteiger partial charge on any atom is -0.494 e. The normalized spacial score (nSPS) is 14.8. The molecule has 1 saturated heterocycles. The molecule has 32 heavy (non-hydrogen) atoms. The van der Waals surface area contributed by atoms with E-state index < -0.39 is 5.41 Å². The average molecular weight is 452 g/mol. The molecule has 8 heteroatoms. The average Bonchev–Trinajstić information content (AvgIpc) is 2.74. The van der Waals surface area contributed by atoms with Crippen LogP contribution in [0.5, 0.6) is 5.75 Å². The predicted molar refractivity (Wildman–Crippen MR) is 126 cm³/mol. The molecule has 0 saturated carbocycles. The molecule has 0 spiro atoms. The van der Waals surface area contributed by atoms with E-state index in [2.05, 4.69) is 51.1 Å². The van der Waals surface area contributed by atoms with Crippen molar-refractivity contribution in [2.75, 3.05) is 30.4 Å². The molecule has 2 aromatic heterocycles. The van der Waals surface area contributed by atoms with Gasteiger partial charge < -0.3 is 15.0 Å². The zero-order valence-electron chi connectivity index (χ0n) is 18.6. The number of benzene rings is 1. The van der Waals surface area contributed by atoms with Crippen LogP contribution >= 0.6 is 11.6 Å². The molecule has 1 aliphatic rings. The highest BCUT2D eigenvalue weighted by molar-refractivity contribution is 6.29. The lowest BCUT2D eigenvalue weighted by Gasteiger charge is -2.50. The van der Waals surface area contributed by atoms with Crippen LogP contribution in [0.25, 0.3) is 0 Å². The summed E-state index contributed by atoms with van der Waals surface area (Å²) in [5.74, 6) is 2.14. The fraction of sp³-hybridized carbons (Fsp3) is 0.333. The van der Waals surface area contributed by atoms with Crippen LogP contribution in [-0.4, -0.2) is 41.1 Å². The van der Waals surface area contributed by atoms with Gasteiger partial charge in [-0.3, -0.25) is 4.79 Å². The van der Waals surface area contributed by atoms with E-state index in [1.54, 1.807) is 12.3 Å². The van der Waals surface area contributed by atoms with Gasteiger partial charge in [-0.25, -0.2) is 15.0 Å². The van der Waals surface area contributed by atoms with Gasteiger partial charge in [0.25, 0.3) is 0 Å². The number of amides is 1. The van der Waals surface area contributed by atoms with Crippen molar-refractivity contribution in [3.63, 3.8) is 0 Å². The molecule has 3 heterocycles. The highest BCUT2D eigenvalue weighted by atomic mass is 35.5. The number of halogens is 1. The maximum atomic E-state index is 13.8. The maximum Gasteiger partial charge on any atom is 0.238 e. The Hall–Kier alpha value is -3.19. The zero-order valence-corrected chi connectivity index (χ0v) is 19.3. The Kier molecular flexibility index (Phi) is 6.02. The number of ether oxygens (including phenoxy) is 1. The lowest BCUT2D eigenvalue weighted by Crippen LogP contribution is -2.65. The summed E-state index contributed by atoms with van der Waals surface area (Å²) in [6, 6.07) is 11.6. The van der Waals surface area contributed by atoms with Crippen molar-refractivity contribution >= 4 is 29.0 Å². The van der Waals surface area contributed by atoms with Crippen LogP contribution < -0.4 is 15.0 Å². The van der Waals surface area contributed by atoms with Crippen molar-refractivity contribution in [3.05, 3.63) is 70.9 Å². The van der Waals surface area contributed by atoms with E-state index in [1.807, 2.05) is 25.1 Å². The first-order chi connectivity index (χ1) is 15.3. The lowest BCUT2D eigenvalue weighted by atomic mass is 9.69. The number of aryl methyl sites for hydroxylation is 1. The van der Waals surface area contributed by atoms with Gasteiger partial charge in [0, 0.05) is 25.4 Å². The summed E-state index contributed by atoms with van der Waals surface area (Å²) in [7, 11) is 1.54. The highest BCUT2D eigenvalue weighted by Crippen LogP contribution is 2.42. The van der Waals surface area contributed by atoms with Gasteiger partial charge in [-0.2, -0.15) is 0 Å². The molecule has 0 atom stereocenters. The van der Waals surface area contributed by atoms with Crippen LogP contribution in [0.15, 0.2) is 48.8 Å². The second-order valence-electron chi connectivity index (χ2n) is 8.30. The summed E-state index contributed by atoms with van der Waals surface area (Å²) in [4.78, 5) is 28.7. The molecular formula is C24H26ClN5O2. The van der Waals surface area contributed by atoms with Gasteiger partial charge in [-0.15, -0.1) is 0 Å². The molecule has 1 amide bonds. The number of anilines is 2. The number of nitrogens with one attached hydrogen (secondary N) is 1. The summed E-state index contributed by atoms with van der Waals surface area (Å²) in [6.45, 7) is 7.14. The van der Waals surface area contributed by atoms with E-state index in [-0.39, 0.29) is 11.8 Å². The molecule has 1 aliphatic heterocycles. The maximum absolute atomic E-state index is 13.8. The molecule has 0 unspecified atom stereocenters. The zero-order chi connectivity index (χ0) is 22.9. The molecule has 0 aliphatic carbocycles. The molecule has 1 fully saturated rings. The number of nitrogens with zero attached hydrogens (tertiary/aromatic N) is 4. The van der Waals surface area contributed by atoms with Crippen LogP contribution in [0.2, 0.25) is 5.15 Å². The summed E-state index contributed by atoms with van der Waals surface area (Å²) >= 11 is 5.99. The van der Waals surface area contributed by atoms with Crippen LogP contribution in [0.4, 0.5) is 11.5 Å². The molecule has 0 radical (unpaired) electrons. The summed E-state index contributed by atoms with van der Waals surface area (Å²) < 4.78 is 5.40. The first-order valence-corrected chi connectivity index (χ1v) is 10.9. The first-order valence-electron chi connectivity index (χ1n) is 10.5. The third kappa shape index (κ3) is 4.00. The van der Waals surface area contributed by atoms with Crippen LogP contribution in [-0.2, 0) is 10.2 Å². The standard InChI is InChI=1S/C24H26ClN5O2/c1-15(2)17-7-5-6-8-18(17)24(13-30(14-24)22-9-10-26-16(3)28-22)23(31)29-19-12-27-21(25)11-20(19)32-4/h5-12,15H,13-14H2,1-4H3,(H,29,31). The number of rotatable bonds is 6. The largest absolute Gasteiger partial charge is 0.494 e. The van der Waals surface area contributed by atoms with Crippen LogP contribution in [0.1, 0.15) is 36.7 Å². The van der Waals surface area contributed by atoms with Gasteiger partial charge in [-0.05, 0) is 30.0 Å². The summed E-state index contributed by atoms with van der Waals surface area (Å²) in [5.41, 5.74) is 1.92. The molecule has 4 rings (SSSR count). The van der Waals surface area contributed by atoms with Crippen LogP contribution in [0, 0.1) is 6.92 Å². The first kappa shape index (κ1) is 22.0. The number of hydrogen-bond donors (Lipinski definition) is 1. The number of methoxy groups -OCH3 is 1. The summed E-state index contributed by atoms with van der Waals surface area (Å²) in [5, 5.41) is 3.33. The van der Waals surface area contributed by atoms with Crippen molar-refractivity contribution in [1.82, 2.24) is 15.0 Å². The van der Waals surface area contributed by atoms with E-state index in [0.29, 0.717) is 35.5 Å². The van der Waals surface area contributed by atoms with Gasteiger partial charge in [0.05, 0.1) is 13.3 Å². The lowest BCUT2D eigenvalue weighted by molar-refractivity contribution is -0.122. The third-order valence-corrected chi connectivity index (χ3v) is 6.05. The molecular weight excluding hydrogens is 426 g/mol. The minimum absolute atomic E-state index is 0.116. The topological polar surface area (TPSA) is 80.2 Å². The van der Waals surface area contributed by atoms with Gasteiger partial charge in [0.15, 0.2) is 0 Å². The van der Waals surface area contributed by atoms with Crippen LogP contribution in [0.3, 0.4) is 0 Å². The number of carbonyl (C=O) groups is 1. The van der Waals surface area contributed by atoms with E-state index in [0.717, 1.165) is 16.9 Å². The fourth-order valence-electron chi connectivity index (χ4n) is 4.18. The number of carbonyl (C=O) groups excluding carboxylic acids is 1. The Morgan fingerprint density at radius 3 is 2.66 bits per heavy atom. The molecule has 166 valence electrons. The predicted octanol–water partition coefficient (Wildman–Crippen LogP) is 4.36.